The molecule has 8 heteroatoms. The van der Waals surface area contributed by atoms with E-state index in [1.165, 1.54) is 0 Å². The van der Waals surface area contributed by atoms with Crippen LogP contribution in [0.15, 0.2) is 23.5 Å². The molecule has 0 radical (unpaired) electrons. The molecule has 3 aliphatic heterocycles. The van der Waals surface area contributed by atoms with E-state index in [1.807, 2.05) is 12.1 Å². The molecular weight excluding hydrogens is 426 g/mol. The highest BCUT2D eigenvalue weighted by Crippen LogP contribution is 2.49. The number of rotatable bonds is 6. The van der Waals surface area contributed by atoms with Crippen LogP contribution in [0.25, 0.3) is 0 Å². The Labute approximate surface area is 193 Å². The molecule has 1 aliphatic carbocycles. The van der Waals surface area contributed by atoms with Gasteiger partial charge < -0.3 is 28.6 Å². The summed E-state index contributed by atoms with van der Waals surface area (Å²) in [6, 6.07) is 3.05. The Balaban J connectivity index is 1.61. The monoisotopic (exact) mass is 457 g/mol. The molecule has 0 bridgehead atoms. The van der Waals surface area contributed by atoms with Crippen LogP contribution in [-0.4, -0.2) is 63.3 Å². The highest BCUT2D eigenvalue weighted by Gasteiger charge is 2.52. The van der Waals surface area contributed by atoms with E-state index in [-0.39, 0.29) is 35.6 Å². The molecule has 4 aliphatic rings. The summed E-state index contributed by atoms with van der Waals surface area (Å²) >= 11 is 0. The number of benzene rings is 1. The van der Waals surface area contributed by atoms with Gasteiger partial charge in [0, 0.05) is 13.2 Å². The SMILES string of the molecule is COc1cc(C2C3=C(OC4CCCCC4C3=O)C(=O)N2CC2CCCO2)cc(OC)c1OC. The summed E-state index contributed by atoms with van der Waals surface area (Å²) < 4.78 is 28.7. The van der Waals surface area contributed by atoms with Gasteiger partial charge in [-0.3, -0.25) is 9.59 Å². The van der Waals surface area contributed by atoms with E-state index in [0.717, 1.165) is 44.1 Å². The van der Waals surface area contributed by atoms with Gasteiger partial charge >= 0.3 is 0 Å². The minimum absolute atomic E-state index is 0.0305. The summed E-state index contributed by atoms with van der Waals surface area (Å²) in [6.45, 7) is 1.09. The number of ether oxygens (including phenoxy) is 5. The molecule has 4 unspecified atom stereocenters. The number of carbonyl (C=O) groups is 2. The first-order chi connectivity index (χ1) is 16.1. The highest BCUT2D eigenvalue weighted by atomic mass is 16.5. The highest BCUT2D eigenvalue weighted by molar-refractivity contribution is 6.11. The Hall–Kier alpha value is -2.74. The fraction of sp³-hybridized carbons (Fsp3) is 0.600. The third-order valence-corrected chi connectivity index (χ3v) is 7.29. The van der Waals surface area contributed by atoms with E-state index in [4.69, 9.17) is 23.7 Å². The van der Waals surface area contributed by atoms with Crippen molar-refractivity contribution >= 4 is 11.7 Å². The second-order valence-corrected chi connectivity index (χ2v) is 9.11. The summed E-state index contributed by atoms with van der Waals surface area (Å²) in [5.74, 6) is 1.22. The van der Waals surface area contributed by atoms with Crippen LogP contribution in [0.5, 0.6) is 17.2 Å². The van der Waals surface area contributed by atoms with Crippen LogP contribution in [0.4, 0.5) is 0 Å². The Morgan fingerprint density at radius 2 is 1.70 bits per heavy atom. The van der Waals surface area contributed by atoms with Crippen molar-refractivity contribution in [1.82, 2.24) is 4.90 Å². The maximum atomic E-state index is 13.8. The van der Waals surface area contributed by atoms with Crippen molar-refractivity contribution in [2.75, 3.05) is 34.5 Å². The molecule has 1 saturated carbocycles. The molecule has 33 heavy (non-hydrogen) atoms. The first kappa shape index (κ1) is 22.1. The number of carbonyl (C=O) groups excluding carboxylic acids is 2. The lowest BCUT2D eigenvalue weighted by Crippen LogP contribution is -2.39. The van der Waals surface area contributed by atoms with Gasteiger partial charge in [-0.2, -0.15) is 0 Å². The zero-order valence-electron chi connectivity index (χ0n) is 19.4. The van der Waals surface area contributed by atoms with Gasteiger partial charge in [-0.25, -0.2) is 0 Å². The van der Waals surface area contributed by atoms with E-state index in [0.29, 0.717) is 36.0 Å². The van der Waals surface area contributed by atoms with Crippen molar-refractivity contribution < 1.29 is 33.3 Å². The maximum absolute atomic E-state index is 13.8. The van der Waals surface area contributed by atoms with Gasteiger partial charge in [0.25, 0.3) is 5.91 Å². The lowest BCUT2D eigenvalue weighted by atomic mass is 9.77. The summed E-state index contributed by atoms with van der Waals surface area (Å²) in [6.07, 6.45) is 5.20. The predicted octanol–water partition coefficient (Wildman–Crippen LogP) is 3.19. The first-order valence-corrected chi connectivity index (χ1v) is 11.7. The molecule has 5 rings (SSSR count). The average Bonchev–Trinajstić information content (AvgIpc) is 3.45. The number of methoxy groups -OCH3 is 3. The topological polar surface area (TPSA) is 83.5 Å². The van der Waals surface area contributed by atoms with Crippen molar-refractivity contribution in [3.8, 4) is 17.2 Å². The Morgan fingerprint density at radius 1 is 0.970 bits per heavy atom. The molecule has 1 aromatic rings. The quantitative estimate of drug-likeness (QED) is 0.649. The van der Waals surface area contributed by atoms with Crippen molar-refractivity contribution in [2.24, 2.45) is 5.92 Å². The van der Waals surface area contributed by atoms with Gasteiger partial charge in [-0.1, -0.05) is 6.42 Å². The smallest absolute Gasteiger partial charge is 0.290 e. The van der Waals surface area contributed by atoms with Gasteiger partial charge in [0.15, 0.2) is 23.0 Å². The summed E-state index contributed by atoms with van der Waals surface area (Å²) in [7, 11) is 4.65. The van der Waals surface area contributed by atoms with E-state index < -0.39 is 6.04 Å². The molecular formula is C25H31NO7. The van der Waals surface area contributed by atoms with Crippen LogP contribution in [0.3, 0.4) is 0 Å². The second-order valence-electron chi connectivity index (χ2n) is 9.11. The zero-order chi connectivity index (χ0) is 23.1. The molecule has 2 fully saturated rings. The molecule has 1 aromatic carbocycles. The third kappa shape index (κ3) is 3.64. The zero-order valence-corrected chi connectivity index (χ0v) is 19.4. The predicted molar refractivity (Wildman–Crippen MR) is 118 cm³/mol. The lowest BCUT2D eigenvalue weighted by molar-refractivity contribution is -0.136. The number of Topliss-reactive ketones (excluding diaryl/α,β-unsaturated/α-hetero) is 1. The van der Waals surface area contributed by atoms with Crippen LogP contribution in [-0.2, 0) is 19.1 Å². The molecule has 1 saturated heterocycles. The fourth-order valence-electron chi connectivity index (χ4n) is 5.69. The van der Waals surface area contributed by atoms with E-state index in [1.54, 1.807) is 26.2 Å². The van der Waals surface area contributed by atoms with Crippen molar-refractivity contribution in [2.45, 2.75) is 56.8 Å². The molecule has 0 spiro atoms. The Morgan fingerprint density at radius 3 is 2.33 bits per heavy atom. The molecule has 1 amide bonds. The molecule has 3 heterocycles. The van der Waals surface area contributed by atoms with Crippen LogP contribution >= 0.6 is 0 Å². The minimum Gasteiger partial charge on any atom is -0.493 e. The van der Waals surface area contributed by atoms with Crippen LogP contribution in [0.1, 0.15) is 50.1 Å². The van der Waals surface area contributed by atoms with E-state index in [9.17, 15) is 9.59 Å². The number of hydrogen-bond donors (Lipinski definition) is 0. The van der Waals surface area contributed by atoms with Crippen molar-refractivity contribution in [1.29, 1.82) is 0 Å². The standard InChI is InChI=1S/C25H31NO7/c1-29-18-11-14(12-19(30-2)23(18)31-3)21-20-22(27)16-8-4-5-9-17(16)33-24(20)25(28)26(21)13-15-7-6-10-32-15/h11-12,15-17,21H,4-10,13H2,1-3H3. The number of nitrogens with zero attached hydrogens (tertiary/aromatic N) is 1. The van der Waals surface area contributed by atoms with Gasteiger partial charge in [-0.15, -0.1) is 0 Å². The average molecular weight is 458 g/mol. The molecule has 0 N–H and O–H groups in total. The minimum atomic E-state index is -0.583. The molecule has 178 valence electrons. The van der Waals surface area contributed by atoms with Crippen LogP contribution in [0, 0.1) is 5.92 Å². The lowest BCUT2D eigenvalue weighted by Gasteiger charge is -2.35. The van der Waals surface area contributed by atoms with Gasteiger partial charge in [0.1, 0.15) is 6.10 Å². The summed E-state index contributed by atoms with van der Waals surface area (Å²) in [4.78, 5) is 29.1. The van der Waals surface area contributed by atoms with Crippen LogP contribution in [0.2, 0.25) is 0 Å². The van der Waals surface area contributed by atoms with Gasteiger partial charge in [0.2, 0.25) is 5.75 Å². The second kappa shape index (κ2) is 8.89. The number of hydrogen-bond acceptors (Lipinski definition) is 7. The van der Waals surface area contributed by atoms with E-state index >= 15 is 0 Å². The van der Waals surface area contributed by atoms with E-state index in [2.05, 4.69) is 0 Å². The van der Waals surface area contributed by atoms with Crippen molar-refractivity contribution in [3.63, 3.8) is 0 Å². The Kier molecular flexibility index (Phi) is 5.95. The fourth-order valence-corrected chi connectivity index (χ4v) is 5.69. The normalized spacial score (nSPS) is 29.0. The summed E-state index contributed by atoms with van der Waals surface area (Å²) in [5.41, 5.74) is 1.18. The van der Waals surface area contributed by atoms with Gasteiger partial charge in [0.05, 0.1) is 45.0 Å². The number of fused-ring (bicyclic) bond motifs is 1. The largest absolute Gasteiger partial charge is 0.493 e. The first-order valence-electron chi connectivity index (χ1n) is 11.7. The maximum Gasteiger partial charge on any atom is 0.290 e. The molecule has 8 nitrogen and oxygen atoms in total. The summed E-state index contributed by atoms with van der Waals surface area (Å²) in [5, 5.41) is 0. The van der Waals surface area contributed by atoms with Crippen molar-refractivity contribution in [3.05, 3.63) is 29.0 Å². The number of ketones is 1. The molecule has 0 aromatic heterocycles. The molecule has 4 atom stereocenters. The van der Waals surface area contributed by atoms with Crippen LogP contribution < -0.4 is 14.2 Å². The Bertz CT molecular complexity index is 956. The number of amides is 1. The third-order valence-electron chi connectivity index (χ3n) is 7.29. The van der Waals surface area contributed by atoms with Gasteiger partial charge in [-0.05, 0) is 49.8 Å².